The number of H-pyrrole nitrogens is 1. The minimum atomic E-state index is -4.34. The predicted molar refractivity (Wildman–Crippen MR) is 74.1 cm³/mol. The van der Waals surface area contributed by atoms with Crippen LogP contribution in [0.3, 0.4) is 0 Å². The van der Waals surface area contributed by atoms with Gasteiger partial charge in [0.2, 0.25) is 5.95 Å². The molecule has 0 atom stereocenters. The number of nitrogens with zero attached hydrogens (tertiary/aromatic N) is 2. The van der Waals surface area contributed by atoms with Crippen molar-refractivity contribution in [2.45, 2.75) is 6.18 Å². The quantitative estimate of drug-likeness (QED) is 0.895. The van der Waals surface area contributed by atoms with Crippen LogP contribution in [0.5, 0.6) is 0 Å². The lowest BCUT2D eigenvalue weighted by molar-refractivity contribution is -0.137. The maximum absolute atomic E-state index is 12.7. The first kappa shape index (κ1) is 13.9. The Labute approximate surface area is 120 Å². The van der Waals surface area contributed by atoms with E-state index in [1.165, 1.54) is 6.07 Å². The van der Waals surface area contributed by atoms with Gasteiger partial charge in [-0.05, 0) is 12.1 Å². The number of aromatic nitrogens is 2. The lowest BCUT2D eigenvalue weighted by Crippen LogP contribution is -2.44. The molecule has 4 nitrogen and oxygen atoms in total. The van der Waals surface area contributed by atoms with Crippen molar-refractivity contribution >= 4 is 5.95 Å². The molecular weight excluding hydrogens is 281 g/mol. The third-order valence-electron chi connectivity index (χ3n) is 3.48. The van der Waals surface area contributed by atoms with E-state index in [1.54, 1.807) is 12.3 Å². The highest BCUT2D eigenvalue weighted by Crippen LogP contribution is 2.32. The molecule has 0 unspecified atom stereocenters. The van der Waals surface area contributed by atoms with Crippen LogP contribution in [0.15, 0.2) is 30.5 Å². The first-order chi connectivity index (χ1) is 10.0. The van der Waals surface area contributed by atoms with Gasteiger partial charge in [-0.2, -0.15) is 13.2 Å². The van der Waals surface area contributed by atoms with E-state index in [9.17, 15) is 13.2 Å². The SMILES string of the molecule is FC(F)(F)c1cccc(-c2cnc(N3CCNCC3)[nH]2)c1. The molecule has 0 saturated carbocycles. The Bertz CT molecular complexity index is 615. The van der Waals surface area contributed by atoms with Gasteiger partial charge in [-0.3, -0.25) is 0 Å². The minimum absolute atomic E-state index is 0.485. The Morgan fingerprint density at radius 3 is 2.62 bits per heavy atom. The van der Waals surface area contributed by atoms with Crippen molar-refractivity contribution in [1.29, 1.82) is 0 Å². The average molecular weight is 296 g/mol. The van der Waals surface area contributed by atoms with E-state index >= 15 is 0 Å². The summed E-state index contributed by atoms with van der Waals surface area (Å²) in [5, 5.41) is 3.24. The highest BCUT2D eigenvalue weighted by Gasteiger charge is 2.30. The van der Waals surface area contributed by atoms with Crippen LogP contribution in [0.25, 0.3) is 11.3 Å². The van der Waals surface area contributed by atoms with Crippen molar-refractivity contribution in [3.63, 3.8) is 0 Å². The Kier molecular flexibility index (Phi) is 3.59. The molecule has 0 amide bonds. The van der Waals surface area contributed by atoms with E-state index in [-0.39, 0.29) is 0 Å². The second kappa shape index (κ2) is 5.40. The van der Waals surface area contributed by atoms with Gasteiger partial charge in [0.1, 0.15) is 0 Å². The van der Waals surface area contributed by atoms with Crippen molar-refractivity contribution in [2.24, 2.45) is 0 Å². The number of nitrogens with one attached hydrogen (secondary N) is 2. The van der Waals surface area contributed by atoms with E-state index in [4.69, 9.17) is 0 Å². The van der Waals surface area contributed by atoms with Crippen LogP contribution < -0.4 is 10.2 Å². The molecule has 3 rings (SSSR count). The first-order valence-electron chi connectivity index (χ1n) is 6.72. The third kappa shape index (κ3) is 3.02. The Balaban J connectivity index is 1.86. The van der Waals surface area contributed by atoms with E-state index in [1.807, 2.05) is 0 Å². The number of anilines is 1. The number of halogens is 3. The number of hydrogen-bond acceptors (Lipinski definition) is 3. The molecular formula is C14H15F3N4. The van der Waals surface area contributed by atoms with Crippen molar-refractivity contribution in [2.75, 3.05) is 31.1 Å². The molecule has 0 radical (unpaired) electrons. The Hall–Kier alpha value is -2.02. The van der Waals surface area contributed by atoms with Crippen molar-refractivity contribution in [1.82, 2.24) is 15.3 Å². The maximum Gasteiger partial charge on any atom is 0.416 e. The van der Waals surface area contributed by atoms with Crippen LogP contribution in [0.1, 0.15) is 5.56 Å². The smallest absolute Gasteiger partial charge is 0.340 e. The van der Waals surface area contributed by atoms with Crippen LogP contribution >= 0.6 is 0 Å². The van der Waals surface area contributed by atoms with Crippen LogP contribution in [0.2, 0.25) is 0 Å². The molecule has 1 aliphatic rings. The van der Waals surface area contributed by atoms with Gasteiger partial charge in [0.05, 0.1) is 17.5 Å². The molecule has 2 N–H and O–H groups in total. The molecule has 1 aromatic carbocycles. The zero-order chi connectivity index (χ0) is 14.9. The molecule has 21 heavy (non-hydrogen) atoms. The molecule has 2 aromatic rings. The number of aromatic amines is 1. The fourth-order valence-corrected chi connectivity index (χ4v) is 2.36. The van der Waals surface area contributed by atoms with Crippen molar-refractivity contribution in [3.8, 4) is 11.3 Å². The van der Waals surface area contributed by atoms with Gasteiger partial charge in [-0.25, -0.2) is 4.98 Å². The van der Waals surface area contributed by atoms with E-state index < -0.39 is 11.7 Å². The van der Waals surface area contributed by atoms with E-state index in [2.05, 4.69) is 20.2 Å². The summed E-state index contributed by atoms with van der Waals surface area (Å²) in [5.74, 6) is 0.698. The van der Waals surface area contributed by atoms with Crippen molar-refractivity contribution < 1.29 is 13.2 Å². The van der Waals surface area contributed by atoms with Gasteiger partial charge in [0, 0.05) is 31.7 Å². The Morgan fingerprint density at radius 2 is 1.90 bits per heavy atom. The number of hydrogen-bond donors (Lipinski definition) is 2. The largest absolute Gasteiger partial charge is 0.416 e. The van der Waals surface area contributed by atoms with Crippen LogP contribution in [0.4, 0.5) is 19.1 Å². The van der Waals surface area contributed by atoms with Crippen molar-refractivity contribution in [3.05, 3.63) is 36.0 Å². The van der Waals surface area contributed by atoms with Gasteiger partial charge in [-0.1, -0.05) is 12.1 Å². The number of imidazole rings is 1. The molecule has 2 heterocycles. The van der Waals surface area contributed by atoms with Gasteiger partial charge in [0.15, 0.2) is 0 Å². The summed E-state index contributed by atoms with van der Waals surface area (Å²) in [6.07, 6.45) is -2.76. The molecule has 1 aromatic heterocycles. The summed E-state index contributed by atoms with van der Waals surface area (Å²) < 4.78 is 38.2. The fourth-order valence-electron chi connectivity index (χ4n) is 2.36. The zero-order valence-electron chi connectivity index (χ0n) is 11.2. The van der Waals surface area contributed by atoms with Gasteiger partial charge in [0.25, 0.3) is 0 Å². The zero-order valence-corrected chi connectivity index (χ0v) is 11.2. The Morgan fingerprint density at radius 1 is 1.14 bits per heavy atom. The highest BCUT2D eigenvalue weighted by molar-refractivity contribution is 5.61. The first-order valence-corrected chi connectivity index (χ1v) is 6.72. The summed E-state index contributed by atoms with van der Waals surface area (Å²) >= 11 is 0. The highest BCUT2D eigenvalue weighted by atomic mass is 19.4. The lowest BCUT2D eigenvalue weighted by Gasteiger charge is -2.26. The maximum atomic E-state index is 12.7. The molecule has 0 bridgehead atoms. The molecule has 1 fully saturated rings. The standard InChI is InChI=1S/C14H15F3N4/c15-14(16,17)11-3-1-2-10(8-11)12-9-19-13(20-12)21-6-4-18-5-7-21/h1-3,8-9,18H,4-7H2,(H,19,20). The lowest BCUT2D eigenvalue weighted by atomic mass is 10.1. The number of piperazine rings is 1. The van der Waals surface area contributed by atoms with Crippen LogP contribution in [-0.2, 0) is 6.18 Å². The summed E-state index contributed by atoms with van der Waals surface area (Å²) in [6.45, 7) is 3.41. The molecule has 112 valence electrons. The van der Waals surface area contributed by atoms with Crippen LogP contribution in [-0.4, -0.2) is 36.1 Å². The fraction of sp³-hybridized carbons (Fsp3) is 0.357. The van der Waals surface area contributed by atoms with E-state index in [0.717, 1.165) is 38.3 Å². The normalized spacial score (nSPS) is 16.2. The topological polar surface area (TPSA) is 44.0 Å². The second-order valence-corrected chi connectivity index (χ2v) is 4.94. The van der Waals surface area contributed by atoms with Crippen LogP contribution in [0, 0.1) is 0 Å². The monoisotopic (exact) mass is 296 g/mol. The molecule has 0 aliphatic carbocycles. The summed E-state index contributed by atoms with van der Waals surface area (Å²) in [6, 6.07) is 5.25. The van der Waals surface area contributed by atoms with Gasteiger partial charge in [-0.15, -0.1) is 0 Å². The number of benzene rings is 1. The van der Waals surface area contributed by atoms with E-state index in [0.29, 0.717) is 17.2 Å². The third-order valence-corrected chi connectivity index (χ3v) is 3.48. The molecule has 1 saturated heterocycles. The number of alkyl halides is 3. The average Bonchev–Trinajstić information content (AvgIpc) is 2.97. The van der Waals surface area contributed by atoms with Gasteiger partial charge < -0.3 is 15.2 Å². The van der Waals surface area contributed by atoms with Gasteiger partial charge >= 0.3 is 6.18 Å². The summed E-state index contributed by atoms with van der Waals surface area (Å²) in [5.41, 5.74) is 0.423. The predicted octanol–water partition coefficient (Wildman–Crippen LogP) is 2.51. The summed E-state index contributed by atoms with van der Waals surface area (Å²) in [7, 11) is 0. The molecule has 7 heteroatoms. The molecule has 1 aliphatic heterocycles. The minimum Gasteiger partial charge on any atom is -0.340 e. The summed E-state index contributed by atoms with van der Waals surface area (Å²) in [4.78, 5) is 9.44. The molecule has 0 spiro atoms. The number of rotatable bonds is 2. The second-order valence-electron chi connectivity index (χ2n) is 4.94.